The topological polar surface area (TPSA) is 94.5 Å². The largest absolute Gasteiger partial charge is 0.395 e. The molecule has 2 N–H and O–H groups in total. The molecule has 8 nitrogen and oxygen atoms in total. The Balaban J connectivity index is 1.32. The van der Waals surface area contributed by atoms with Crippen molar-refractivity contribution < 1.29 is 19.1 Å². The molecule has 0 atom stereocenters. The number of benzene rings is 1. The molecule has 0 saturated heterocycles. The second-order valence-electron chi connectivity index (χ2n) is 9.17. The first-order valence-electron chi connectivity index (χ1n) is 11.2. The van der Waals surface area contributed by atoms with Crippen LogP contribution in [0.1, 0.15) is 51.5 Å². The highest BCUT2D eigenvalue weighted by molar-refractivity contribution is 6.31. The first kappa shape index (κ1) is 20.7. The van der Waals surface area contributed by atoms with Gasteiger partial charge in [0.05, 0.1) is 23.9 Å². The molecule has 1 aliphatic carbocycles. The normalized spacial score (nSPS) is 19.1. The maximum Gasteiger partial charge on any atom is 0.273 e. The Morgan fingerprint density at radius 3 is 2.82 bits per heavy atom. The summed E-state index contributed by atoms with van der Waals surface area (Å²) in [6, 6.07) is 4.40. The minimum atomic E-state index is -0.535. The van der Waals surface area contributed by atoms with Crippen molar-refractivity contribution in [2.75, 3.05) is 19.7 Å². The molecular weight excluding hydrogens is 449 g/mol. The molecule has 6 rings (SSSR count). The number of nitrogens with one attached hydrogen (secondary N) is 1. The summed E-state index contributed by atoms with van der Waals surface area (Å²) >= 11 is 5.87. The molecule has 3 aromatic rings. The van der Waals surface area contributed by atoms with E-state index in [-0.39, 0.29) is 35.5 Å². The molecule has 1 fully saturated rings. The standard InChI is InChI=1S/C23H23ClFN5O3/c24-15-11-18-13(9-16(15)25)10-19(26-18)21(32)28-5-1-17-14(12-28)20-22(33)29(7-8-31)23(2-3-23)4-6-30(20)27-17/h9-11,26,31H,1-8,12H2. The van der Waals surface area contributed by atoms with Gasteiger partial charge in [0.25, 0.3) is 11.8 Å². The highest BCUT2D eigenvalue weighted by Gasteiger charge is 2.52. The molecule has 1 aromatic carbocycles. The molecule has 1 saturated carbocycles. The molecule has 1 spiro atoms. The lowest BCUT2D eigenvalue weighted by atomic mass is 10.0. The van der Waals surface area contributed by atoms with Crippen LogP contribution in [0.3, 0.4) is 0 Å². The number of amides is 2. The van der Waals surface area contributed by atoms with Gasteiger partial charge < -0.3 is 19.9 Å². The number of hydrogen-bond donors (Lipinski definition) is 2. The van der Waals surface area contributed by atoms with Gasteiger partial charge in [-0.15, -0.1) is 0 Å². The highest BCUT2D eigenvalue weighted by atomic mass is 35.5. The van der Waals surface area contributed by atoms with Crippen LogP contribution in [-0.4, -0.2) is 66.7 Å². The van der Waals surface area contributed by atoms with Crippen molar-refractivity contribution >= 4 is 34.3 Å². The molecule has 2 amide bonds. The zero-order valence-corrected chi connectivity index (χ0v) is 18.7. The first-order chi connectivity index (χ1) is 15.9. The lowest BCUT2D eigenvalue weighted by molar-refractivity contribution is 0.0594. The van der Waals surface area contributed by atoms with Crippen LogP contribution in [0.5, 0.6) is 0 Å². The van der Waals surface area contributed by atoms with E-state index in [0.717, 1.165) is 30.5 Å². The lowest BCUT2D eigenvalue weighted by Gasteiger charge is -2.30. The van der Waals surface area contributed by atoms with Crippen LogP contribution in [-0.2, 0) is 19.5 Å². The second kappa shape index (κ2) is 7.30. The maximum atomic E-state index is 13.8. The summed E-state index contributed by atoms with van der Waals surface area (Å²) in [5.41, 5.74) is 2.93. The van der Waals surface area contributed by atoms with Crippen LogP contribution in [0, 0.1) is 5.82 Å². The average molecular weight is 472 g/mol. The minimum Gasteiger partial charge on any atom is -0.395 e. The number of aromatic nitrogens is 3. The summed E-state index contributed by atoms with van der Waals surface area (Å²) in [5.74, 6) is -0.871. The summed E-state index contributed by atoms with van der Waals surface area (Å²) < 4.78 is 15.6. The molecular formula is C23H23ClFN5O3. The van der Waals surface area contributed by atoms with E-state index in [0.29, 0.717) is 48.3 Å². The molecule has 33 heavy (non-hydrogen) atoms. The van der Waals surface area contributed by atoms with Crippen molar-refractivity contribution in [3.63, 3.8) is 0 Å². The number of aliphatic hydroxyl groups is 1. The lowest BCUT2D eigenvalue weighted by Crippen LogP contribution is -2.44. The Bertz CT molecular complexity index is 1270. The Morgan fingerprint density at radius 1 is 1.24 bits per heavy atom. The van der Waals surface area contributed by atoms with Crippen molar-refractivity contribution in [2.45, 2.75) is 44.3 Å². The smallest absolute Gasteiger partial charge is 0.273 e. The molecule has 0 radical (unpaired) electrons. The fourth-order valence-electron chi connectivity index (χ4n) is 5.31. The van der Waals surface area contributed by atoms with E-state index in [9.17, 15) is 19.1 Å². The number of aliphatic hydroxyl groups excluding tert-OH is 1. The fourth-order valence-corrected chi connectivity index (χ4v) is 5.47. The second-order valence-corrected chi connectivity index (χ2v) is 9.57. The molecule has 172 valence electrons. The van der Waals surface area contributed by atoms with Crippen LogP contribution < -0.4 is 0 Å². The summed E-state index contributed by atoms with van der Waals surface area (Å²) in [5, 5.41) is 14.8. The van der Waals surface area contributed by atoms with Gasteiger partial charge >= 0.3 is 0 Å². The molecule has 2 aliphatic heterocycles. The molecule has 0 bridgehead atoms. The Morgan fingerprint density at radius 2 is 2.06 bits per heavy atom. The zero-order valence-electron chi connectivity index (χ0n) is 17.9. The number of fused-ring (bicyclic) bond motifs is 4. The van der Waals surface area contributed by atoms with Gasteiger partial charge in [0, 0.05) is 48.1 Å². The number of aryl methyl sites for hydroxylation is 1. The van der Waals surface area contributed by atoms with Gasteiger partial charge in [-0.2, -0.15) is 5.10 Å². The predicted octanol–water partition coefficient (Wildman–Crippen LogP) is 2.73. The van der Waals surface area contributed by atoms with E-state index in [4.69, 9.17) is 16.7 Å². The molecule has 3 aliphatic rings. The number of hydrogen-bond acceptors (Lipinski definition) is 4. The van der Waals surface area contributed by atoms with E-state index in [1.54, 1.807) is 15.6 Å². The van der Waals surface area contributed by atoms with Crippen LogP contribution in [0.25, 0.3) is 10.9 Å². The monoisotopic (exact) mass is 471 g/mol. The van der Waals surface area contributed by atoms with Crippen LogP contribution in [0.4, 0.5) is 4.39 Å². The third-order valence-corrected chi connectivity index (χ3v) is 7.53. The minimum absolute atomic E-state index is 0.00655. The van der Waals surface area contributed by atoms with Crippen LogP contribution in [0.2, 0.25) is 5.02 Å². The van der Waals surface area contributed by atoms with Gasteiger partial charge in [-0.05, 0) is 37.5 Å². The van der Waals surface area contributed by atoms with Crippen LogP contribution >= 0.6 is 11.6 Å². The van der Waals surface area contributed by atoms with Crippen molar-refractivity contribution in [2.24, 2.45) is 0 Å². The number of β-amino-alcohol motifs (C(OH)–C–C–N with tert-alkyl or cyclic N) is 1. The van der Waals surface area contributed by atoms with Gasteiger partial charge in [0.15, 0.2) is 0 Å². The van der Waals surface area contributed by atoms with Gasteiger partial charge in [-0.1, -0.05) is 11.6 Å². The number of rotatable bonds is 3. The SMILES string of the molecule is O=C(c1cc2cc(F)c(Cl)cc2[nH]1)N1CCc2nn3c(c2C1)C(=O)N(CCO)C1(CC3)CC1. The van der Waals surface area contributed by atoms with E-state index in [1.807, 2.05) is 4.90 Å². The van der Waals surface area contributed by atoms with Gasteiger partial charge in [0.2, 0.25) is 0 Å². The summed E-state index contributed by atoms with van der Waals surface area (Å²) in [4.78, 5) is 33.4. The first-order valence-corrected chi connectivity index (χ1v) is 11.6. The Hall–Kier alpha value is -2.91. The Labute approximate surface area is 193 Å². The quantitative estimate of drug-likeness (QED) is 0.614. The Kier molecular flexibility index (Phi) is 4.57. The third-order valence-electron chi connectivity index (χ3n) is 7.24. The zero-order chi connectivity index (χ0) is 22.9. The number of halogens is 2. The predicted molar refractivity (Wildman–Crippen MR) is 119 cm³/mol. The van der Waals surface area contributed by atoms with Gasteiger partial charge in [0.1, 0.15) is 17.2 Å². The van der Waals surface area contributed by atoms with E-state index in [2.05, 4.69) is 4.98 Å². The summed E-state index contributed by atoms with van der Waals surface area (Å²) in [7, 11) is 0. The number of H-pyrrole nitrogens is 1. The number of carbonyl (C=O) groups excluding carboxylic acids is 2. The molecule has 10 heteroatoms. The van der Waals surface area contributed by atoms with Crippen molar-refractivity contribution in [3.05, 3.63) is 51.7 Å². The van der Waals surface area contributed by atoms with E-state index in [1.165, 1.54) is 12.1 Å². The molecule has 2 aromatic heterocycles. The molecule has 0 unspecified atom stereocenters. The van der Waals surface area contributed by atoms with Crippen molar-refractivity contribution in [1.29, 1.82) is 0 Å². The average Bonchev–Trinajstić information content (AvgIpc) is 3.36. The van der Waals surface area contributed by atoms with Crippen LogP contribution in [0.15, 0.2) is 18.2 Å². The number of nitrogens with zero attached hydrogens (tertiary/aromatic N) is 4. The van der Waals surface area contributed by atoms with Crippen molar-refractivity contribution in [3.8, 4) is 0 Å². The van der Waals surface area contributed by atoms with E-state index < -0.39 is 5.82 Å². The fraction of sp³-hybridized carbons (Fsp3) is 0.435. The molecule has 4 heterocycles. The summed E-state index contributed by atoms with van der Waals surface area (Å²) in [6.45, 7) is 1.62. The number of carbonyl (C=O) groups is 2. The summed E-state index contributed by atoms with van der Waals surface area (Å²) in [6.07, 6.45) is 3.27. The number of aromatic amines is 1. The van der Waals surface area contributed by atoms with E-state index >= 15 is 0 Å². The van der Waals surface area contributed by atoms with Crippen molar-refractivity contribution in [1.82, 2.24) is 24.6 Å². The third kappa shape index (κ3) is 3.17. The van der Waals surface area contributed by atoms with Gasteiger partial charge in [-0.25, -0.2) is 4.39 Å². The maximum absolute atomic E-state index is 13.8. The highest BCUT2D eigenvalue weighted by Crippen LogP contribution is 2.47. The van der Waals surface area contributed by atoms with Gasteiger partial charge in [-0.3, -0.25) is 14.3 Å².